The number of aryl methyl sites for hydroxylation is 2. The van der Waals surface area contributed by atoms with Crippen LogP contribution in [-0.2, 0) is 6.54 Å². The number of nitrogens with one attached hydrogen (secondary N) is 1. The molecule has 1 saturated heterocycles. The Kier molecular flexibility index (Phi) is 6.38. The van der Waals surface area contributed by atoms with Crippen LogP contribution in [0.15, 0.2) is 47.3 Å². The first-order valence-corrected chi connectivity index (χ1v) is 12.2. The third-order valence-electron chi connectivity index (χ3n) is 7.12. The van der Waals surface area contributed by atoms with Gasteiger partial charge in [-0.05, 0) is 84.5 Å². The van der Waals surface area contributed by atoms with Gasteiger partial charge >= 0.3 is 0 Å². The van der Waals surface area contributed by atoms with E-state index in [2.05, 4.69) is 45.3 Å². The Morgan fingerprint density at radius 2 is 1.91 bits per heavy atom. The fourth-order valence-corrected chi connectivity index (χ4v) is 5.18. The van der Waals surface area contributed by atoms with Gasteiger partial charge in [-0.3, -0.25) is 9.69 Å². The first kappa shape index (κ1) is 23.2. The zero-order valence-corrected chi connectivity index (χ0v) is 20.8. The van der Waals surface area contributed by atoms with Gasteiger partial charge in [0.1, 0.15) is 11.8 Å². The number of rotatable bonds is 6. The number of piperidine rings is 1. The summed E-state index contributed by atoms with van der Waals surface area (Å²) in [5, 5.41) is 13.9. The molecule has 3 heterocycles. The number of H-pyrrole nitrogens is 1. The summed E-state index contributed by atoms with van der Waals surface area (Å²) in [6.45, 7) is 8.67. The Balaban J connectivity index is 1.62. The van der Waals surface area contributed by atoms with Crippen molar-refractivity contribution >= 4 is 10.9 Å². The summed E-state index contributed by atoms with van der Waals surface area (Å²) in [4.78, 5) is 19.1. The number of methoxy groups -OCH3 is 1. The molecule has 35 heavy (non-hydrogen) atoms. The molecule has 0 unspecified atom stereocenters. The number of hydrogen-bond acceptors (Lipinski definition) is 6. The van der Waals surface area contributed by atoms with Crippen molar-refractivity contribution in [2.24, 2.45) is 5.92 Å². The summed E-state index contributed by atoms with van der Waals surface area (Å²) >= 11 is 0. The van der Waals surface area contributed by atoms with Gasteiger partial charge in [-0.2, -0.15) is 0 Å². The highest BCUT2D eigenvalue weighted by molar-refractivity contribution is 5.85. The Labute approximate surface area is 204 Å². The molecular weight excluding hydrogens is 440 g/mol. The van der Waals surface area contributed by atoms with Crippen molar-refractivity contribution in [2.75, 3.05) is 20.2 Å². The number of aromatic nitrogens is 5. The Bertz CT molecular complexity index is 1390. The highest BCUT2D eigenvalue weighted by atomic mass is 16.5. The number of nitrogens with zero attached hydrogens (tertiary/aromatic N) is 5. The molecule has 2 aromatic carbocycles. The largest absolute Gasteiger partial charge is 0.497 e. The molecule has 0 spiro atoms. The quantitative estimate of drug-likeness (QED) is 0.456. The van der Waals surface area contributed by atoms with Crippen LogP contribution in [0, 0.1) is 19.8 Å². The lowest BCUT2D eigenvalue weighted by molar-refractivity contribution is 0.141. The smallest absolute Gasteiger partial charge is 0.253 e. The minimum Gasteiger partial charge on any atom is -0.497 e. The number of benzene rings is 2. The van der Waals surface area contributed by atoms with Crippen LogP contribution >= 0.6 is 0 Å². The molecule has 8 heteroatoms. The molecule has 1 aliphatic rings. The Morgan fingerprint density at radius 1 is 1.14 bits per heavy atom. The van der Waals surface area contributed by atoms with E-state index >= 15 is 0 Å². The highest BCUT2D eigenvalue weighted by Gasteiger charge is 2.33. The van der Waals surface area contributed by atoms with E-state index in [-0.39, 0.29) is 11.6 Å². The normalized spacial score (nSPS) is 17.5. The van der Waals surface area contributed by atoms with Crippen molar-refractivity contribution in [3.05, 3.63) is 80.9 Å². The topological polar surface area (TPSA) is 88.9 Å². The summed E-state index contributed by atoms with van der Waals surface area (Å²) in [5.74, 6) is 2.03. The van der Waals surface area contributed by atoms with Gasteiger partial charge in [0.25, 0.3) is 5.56 Å². The van der Waals surface area contributed by atoms with Crippen molar-refractivity contribution in [1.82, 2.24) is 30.1 Å². The zero-order chi connectivity index (χ0) is 24.5. The van der Waals surface area contributed by atoms with E-state index in [1.807, 2.05) is 48.0 Å². The number of likely N-dealkylation sites (tertiary alicyclic amines) is 1. The molecule has 4 aromatic rings. The number of fused-ring (bicyclic) bond motifs is 1. The third-order valence-corrected chi connectivity index (χ3v) is 7.12. The van der Waals surface area contributed by atoms with Crippen molar-refractivity contribution in [3.63, 3.8) is 0 Å². The van der Waals surface area contributed by atoms with Gasteiger partial charge in [0.05, 0.1) is 19.2 Å². The number of tetrazole rings is 1. The van der Waals surface area contributed by atoms with E-state index in [9.17, 15) is 4.79 Å². The second kappa shape index (κ2) is 9.62. The molecule has 0 bridgehead atoms. The third kappa shape index (κ3) is 4.58. The van der Waals surface area contributed by atoms with E-state index in [0.29, 0.717) is 23.9 Å². The van der Waals surface area contributed by atoms with Gasteiger partial charge in [0, 0.05) is 17.5 Å². The molecule has 0 amide bonds. The molecule has 8 nitrogen and oxygen atoms in total. The highest BCUT2D eigenvalue weighted by Crippen LogP contribution is 2.32. The second-order valence-corrected chi connectivity index (χ2v) is 9.73. The van der Waals surface area contributed by atoms with Crippen LogP contribution in [0.2, 0.25) is 0 Å². The molecule has 0 aliphatic carbocycles. The predicted octanol–water partition coefficient (Wildman–Crippen LogP) is 4.01. The van der Waals surface area contributed by atoms with Gasteiger partial charge in [-0.15, -0.1) is 5.10 Å². The first-order chi connectivity index (χ1) is 16.9. The van der Waals surface area contributed by atoms with E-state index in [0.717, 1.165) is 52.9 Å². The van der Waals surface area contributed by atoms with E-state index in [1.54, 1.807) is 7.11 Å². The molecule has 0 saturated carbocycles. The van der Waals surface area contributed by atoms with Crippen molar-refractivity contribution in [3.8, 4) is 5.75 Å². The SMILES string of the molecule is COc1ccc(Cn2nnnc2[C@H](c2cc3c(C)ccc(C)c3[nH]c2=O)N2CCC[C@@H](C)C2)cc1. The van der Waals surface area contributed by atoms with Crippen molar-refractivity contribution in [2.45, 2.75) is 46.2 Å². The summed E-state index contributed by atoms with van der Waals surface area (Å²) in [6.07, 6.45) is 2.27. The molecule has 2 atom stereocenters. The summed E-state index contributed by atoms with van der Waals surface area (Å²) < 4.78 is 7.11. The Hall–Kier alpha value is -3.52. The van der Waals surface area contributed by atoms with Crippen LogP contribution in [0.4, 0.5) is 0 Å². The van der Waals surface area contributed by atoms with Gasteiger partial charge in [0.15, 0.2) is 5.82 Å². The maximum absolute atomic E-state index is 13.5. The second-order valence-electron chi connectivity index (χ2n) is 9.73. The minimum atomic E-state index is -0.334. The average Bonchev–Trinajstić information content (AvgIpc) is 3.30. The van der Waals surface area contributed by atoms with E-state index < -0.39 is 0 Å². The lowest BCUT2D eigenvalue weighted by atomic mass is 9.95. The monoisotopic (exact) mass is 472 g/mol. The summed E-state index contributed by atoms with van der Waals surface area (Å²) in [7, 11) is 1.66. The molecule has 5 rings (SSSR count). The molecule has 1 N–H and O–H groups in total. The molecule has 2 aromatic heterocycles. The van der Waals surface area contributed by atoms with Crippen LogP contribution in [0.3, 0.4) is 0 Å². The lowest BCUT2D eigenvalue weighted by Gasteiger charge is -2.36. The van der Waals surface area contributed by atoms with Crippen LogP contribution < -0.4 is 10.3 Å². The van der Waals surface area contributed by atoms with Gasteiger partial charge in [-0.1, -0.05) is 31.2 Å². The van der Waals surface area contributed by atoms with Crippen molar-refractivity contribution < 1.29 is 4.74 Å². The number of aromatic amines is 1. The molecule has 0 radical (unpaired) electrons. The van der Waals surface area contributed by atoms with Gasteiger partial charge < -0.3 is 9.72 Å². The van der Waals surface area contributed by atoms with Gasteiger partial charge in [0.2, 0.25) is 0 Å². The summed E-state index contributed by atoms with van der Waals surface area (Å²) in [5.41, 5.74) is 4.74. The average molecular weight is 473 g/mol. The summed E-state index contributed by atoms with van der Waals surface area (Å²) in [6, 6.07) is 13.8. The molecule has 1 aliphatic heterocycles. The molecule has 1 fully saturated rings. The van der Waals surface area contributed by atoms with E-state index in [1.165, 1.54) is 6.42 Å². The lowest BCUT2D eigenvalue weighted by Crippen LogP contribution is -2.41. The van der Waals surface area contributed by atoms with Gasteiger partial charge in [-0.25, -0.2) is 4.68 Å². The molecular formula is C27H32N6O2. The standard InChI is InChI=1S/C27H32N6O2/c1-17-6-5-13-32(15-17)25(23-14-22-18(2)7-8-19(3)24(22)28-27(23)34)26-29-30-31-33(26)16-20-9-11-21(35-4)12-10-20/h7-12,14,17,25H,5-6,13,15-16H2,1-4H3,(H,28,34)/t17-,25+/m1/s1. The predicted molar refractivity (Wildman–Crippen MR) is 136 cm³/mol. The fraction of sp³-hybridized carbons (Fsp3) is 0.407. The minimum absolute atomic E-state index is 0.0894. The van der Waals surface area contributed by atoms with Crippen LogP contribution in [0.1, 0.15) is 53.9 Å². The van der Waals surface area contributed by atoms with Crippen LogP contribution in [0.5, 0.6) is 5.75 Å². The number of ether oxygens (including phenoxy) is 1. The van der Waals surface area contributed by atoms with Crippen molar-refractivity contribution in [1.29, 1.82) is 0 Å². The Morgan fingerprint density at radius 3 is 2.66 bits per heavy atom. The first-order valence-electron chi connectivity index (χ1n) is 12.2. The number of hydrogen-bond donors (Lipinski definition) is 1. The maximum Gasteiger partial charge on any atom is 0.253 e. The zero-order valence-electron chi connectivity index (χ0n) is 20.8. The van der Waals surface area contributed by atoms with E-state index in [4.69, 9.17) is 4.74 Å². The van der Waals surface area contributed by atoms with Crippen LogP contribution in [-0.4, -0.2) is 50.3 Å². The van der Waals surface area contributed by atoms with Crippen LogP contribution in [0.25, 0.3) is 10.9 Å². The maximum atomic E-state index is 13.5. The molecule has 182 valence electrons. The fourth-order valence-electron chi connectivity index (χ4n) is 5.18. The number of pyridine rings is 1.